The monoisotopic (exact) mass is 206 g/mol. The minimum Gasteiger partial charge on any atom is -0.481 e. The van der Waals surface area contributed by atoms with E-state index in [2.05, 4.69) is 13.8 Å². The third kappa shape index (κ3) is 2.58. The molecule has 0 saturated carbocycles. The maximum atomic E-state index is 11.1. The van der Waals surface area contributed by atoms with Gasteiger partial charge >= 0.3 is 5.97 Å². The lowest BCUT2D eigenvalue weighted by atomic mass is 9.87. The Morgan fingerprint density at radius 2 is 1.80 bits per heavy atom. The minimum atomic E-state index is -0.731. The second kappa shape index (κ2) is 4.96. The molecule has 0 saturated heterocycles. The highest BCUT2D eigenvalue weighted by Crippen LogP contribution is 2.28. The fourth-order valence-electron chi connectivity index (χ4n) is 1.88. The number of hydrogen-bond donors (Lipinski definition) is 1. The minimum absolute atomic E-state index is 0.370. The molecule has 0 spiro atoms. The molecule has 1 aromatic carbocycles. The first-order valence-electron chi connectivity index (χ1n) is 5.39. The molecule has 15 heavy (non-hydrogen) atoms. The fraction of sp³-hybridized carbons (Fsp3) is 0.462. The molecule has 0 aliphatic carbocycles. The summed E-state index contributed by atoms with van der Waals surface area (Å²) >= 11 is 0. The quantitative estimate of drug-likeness (QED) is 0.819. The van der Waals surface area contributed by atoms with E-state index >= 15 is 0 Å². The summed E-state index contributed by atoms with van der Waals surface area (Å²) in [6.07, 6.45) is 0.638. The van der Waals surface area contributed by atoms with Crippen LogP contribution < -0.4 is 0 Å². The predicted molar refractivity (Wildman–Crippen MR) is 61.2 cm³/mol. The Morgan fingerprint density at radius 1 is 1.27 bits per heavy atom. The van der Waals surface area contributed by atoms with Crippen LogP contribution in [0.1, 0.15) is 50.2 Å². The predicted octanol–water partition coefficient (Wildman–Crippen LogP) is 3.39. The van der Waals surface area contributed by atoms with Crippen LogP contribution in [-0.4, -0.2) is 11.1 Å². The van der Waals surface area contributed by atoms with Gasteiger partial charge in [-0.15, -0.1) is 0 Å². The first kappa shape index (κ1) is 11.8. The number of rotatable bonds is 4. The summed E-state index contributed by atoms with van der Waals surface area (Å²) in [6.45, 7) is 6.09. The molecule has 0 aliphatic rings. The van der Waals surface area contributed by atoms with Gasteiger partial charge in [0.25, 0.3) is 0 Å². The Labute approximate surface area is 90.9 Å². The van der Waals surface area contributed by atoms with Crippen molar-refractivity contribution in [1.82, 2.24) is 0 Å². The van der Waals surface area contributed by atoms with Crippen molar-refractivity contribution in [3.05, 3.63) is 35.4 Å². The molecule has 0 heterocycles. The van der Waals surface area contributed by atoms with Crippen LogP contribution in [0.25, 0.3) is 0 Å². The highest BCUT2D eigenvalue weighted by Gasteiger charge is 2.20. The summed E-state index contributed by atoms with van der Waals surface area (Å²) in [5.74, 6) is -0.733. The molecule has 1 N–H and O–H groups in total. The van der Waals surface area contributed by atoms with Crippen molar-refractivity contribution < 1.29 is 9.90 Å². The van der Waals surface area contributed by atoms with Gasteiger partial charge in [-0.3, -0.25) is 4.79 Å². The van der Waals surface area contributed by atoms with Gasteiger partial charge in [0.15, 0.2) is 0 Å². The Kier molecular flexibility index (Phi) is 3.89. The number of aliphatic carboxylic acids is 1. The topological polar surface area (TPSA) is 37.3 Å². The molecule has 0 aliphatic heterocycles. The zero-order valence-corrected chi connectivity index (χ0v) is 9.53. The van der Waals surface area contributed by atoms with Gasteiger partial charge < -0.3 is 5.11 Å². The zero-order valence-electron chi connectivity index (χ0n) is 9.53. The third-order valence-corrected chi connectivity index (χ3v) is 2.70. The van der Waals surface area contributed by atoms with E-state index < -0.39 is 5.97 Å². The lowest BCUT2D eigenvalue weighted by Crippen LogP contribution is -2.13. The third-order valence-electron chi connectivity index (χ3n) is 2.70. The molecule has 0 radical (unpaired) electrons. The van der Waals surface area contributed by atoms with Gasteiger partial charge in [-0.25, -0.2) is 0 Å². The van der Waals surface area contributed by atoms with Gasteiger partial charge in [0.05, 0.1) is 5.92 Å². The molecule has 1 aromatic rings. The maximum absolute atomic E-state index is 11.1. The SMILES string of the molecule is CCC(C(=O)O)c1ccccc1C(C)C. The van der Waals surface area contributed by atoms with Gasteiger partial charge in [0.1, 0.15) is 0 Å². The molecule has 0 bridgehead atoms. The number of carbonyl (C=O) groups is 1. The first-order chi connectivity index (χ1) is 7.07. The van der Waals surface area contributed by atoms with Crippen molar-refractivity contribution in [3.63, 3.8) is 0 Å². The van der Waals surface area contributed by atoms with Crippen LogP contribution in [0.4, 0.5) is 0 Å². The Balaban J connectivity index is 3.16. The van der Waals surface area contributed by atoms with Crippen LogP contribution in [0.5, 0.6) is 0 Å². The Bertz CT molecular complexity index is 342. The van der Waals surface area contributed by atoms with E-state index in [-0.39, 0.29) is 5.92 Å². The number of benzene rings is 1. The van der Waals surface area contributed by atoms with E-state index in [1.54, 1.807) is 0 Å². The van der Waals surface area contributed by atoms with Crippen molar-refractivity contribution in [1.29, 1.82) is 0 Å². The smallest absolute Gasteiger partial charge is 0.310 e. The number of carboxylic acid groups (broad SMARTS) is 1. The van der Waals surface area contributed by atoms with Crippen molar-refractivity contribution >= 4 is 5.97 Å². The number of hydrogen-bond acceptors (Lipinski definition) is 1. The van der Waals surface area contributed by atoms with Crippen LogP contribution in [-0.2, 0) is 4.79 Å². The van der Waals surface area contributed by atoms with E-state index in [1.807, 2.05) is 31.2 Å². The van der Waals surface area contributed by atoms with Crippen molar-refractivity contribution in [2.75, 3.05) is 0 Å². The van der Waals surface area contributed by atoms with Crippen LogP contribution in [0.15, 0.2) is 24.3 Å². The van der Waals surface area contributed by atoms with Gasteiger partial charge in [0.2, 0.25) is 0 Å². The van der Waals surface area contributed by atoms with Crippen molar-refractivity contribution in [2.24, 2.45) is 0 Å². The fourth-order valence-corrected chi connectivity index (χ4v) is 1.88. The van der Waals surface area contributed by atoms with E-state index in [4.69, 9.17) is 5.11 Å². The zero-order chi connectivity index (χ0) is 11.4. The Hall–Kier alpha value is -1.31. The summed E-state index contributed by atoms with van der Waals surface area (Å²) < 4.78 is 0. The van der Waals surface area contributed by atoms with Crippen molar-refractivity contribution in [3.8, 4) is 0 Å². The van der Waals surface area contributed by atoms with Crippen LogP contribution >= 0.6 is 0 Å². The van der Waals surface area contributed by atoms with Gasteiger partial charge in [-0.1, -0.05) is 45.0 Å². The van der Waals surface area contributed by atoms with Crippen molar-refractivity contribution in [2.45, 2.75) is 39.0 Å². The highest BCUT2D eigenvalue weighted by atomic mass is 16.4. The number of carboxylic acids is 1. The highest BCUT2D eigenvalue weighted by molar-refractivity contribution is 5.76. The lowest BCUT2D eigenvalue weighted by molar-refractivity contribution is -0.138. The lowest BCUT2D eigenvalue weighted by Gasteiger charge is -2.17. The average molecular weight is 206 g/mol. The molecule has 82 valence electrons. The normalized spacial score (nSPS) is 12.8. The Morgan fingerprint density at radius 3 is 2.20 bits per heavy atom. The molecule has 1 unspecified atom stereocenters. The van der Waals surface area contributed by atoms with Gasteiger partial charge in [0, 0.05) is 0 Å². The first-order valence-corrected chi connectivity index (χ1v) is 5.39. The van der Waals surface area contributed by atoms with Crippen LogP contribution in [0, 0.1) is 0 Å². The van der Waals surface area contributed by atoms with E-state index in [0.29, 0.717) is 12.3 Å². The molecular formula is C13H18O2. The average Bonchev–Trinajstić information content (AvgIpc) is 2.18. The molecule has 1 rings (SSSR count). The molecule has 0 aromatic heterocycles. The maximum Gasteiger partial charge on any atom is 0.310 e. The largest absolute Gasteiger partial charge is 0.481 e. The van der Waals surface area contributed by atoms with Crippen LogP contribution in [0.3, 0.4) is 0 Å². The van der Waals surface area contributed by atoms with Gasteiger partial charge in [-0.2, -0.15) is 0 Å². The summed E-state index contributed by atoms with van der Waals surface area (Å²) in [4.78, 5) is 11.1. The van der Waals surface area contributed by atoms with Gasteiger partial charge in [-0.05, 0) is 23.5 Å². The molecule has 0 fully saturated rings. The molecule has 0 amide bonds. The van der Waals surface area contributed by atoms with E-state index in [9.17, 15) is 4.79 Å². The van der Waals surface area contributed by atoms with E-state index in [1.165, 1.54) is 0 Å². The standard InChI is InChI=1S/C13H18O2/c1-4-10(13(14)15)12-8-6-5-7-11(12)9(2)3/h5-10H,4H2,1-3H3,(H,14,15). The summed E-state index contributed by atoms with van der Waals surface area (Å²) in [5.41, 5.74) is 2.11. The molecule has 1 atom stereocenters. The van der Waals surface area contributed by atoms with Crippen LogP contribution in [0.2, 0.25) is 0 Å². The summed E-state index contributed by atoms with van der Waals surface area (Å²) in [7, 11) is 0. The van der Waals surface area contributed by atoms with E-state index in [0.717, 1.165) is 11.1 Å². The summed E-state index contributed by atoms with van der Waals surface area (Å²) in [6, 6.07) is 7.82. The molecule has 2 heteroatoms. The second-order valence-electron chi connectivity index (χ2n) is 4.08. The summed E-state index contributed by atoms with van der Waals surface area (Å²) in [5, 5.41) is 9.13. The second-order valence-corrected chi connectivity index (χ2v) is 4.08. The molecule has 2 nitrogen and oxygen atoms in total. The molecular weight excluding hydrogens is 188 g/mol.